The van der Waals surface area contributed by atoms with Crippen molar-refractivity contribution in [2.75, 3.05) is 13.2 Å². The van der Waals surface area contributed by atoms with Crippen LogP contribution in [-0.2, 0) is 11.3 Å². The molecule has 0 unspecified atom stereocenters. The predicted molar refractivity (Wildman–Crippen MR) is 130 cm³/mol. The van der Waals surface area contributed by atoms with Crippen LogP contribution >= 0.6 is 11.3 Å². The van der Waals surface area contributed by atoms with Crippen LogP contribution < -0.4 is 0 Å². The van der Waals surface area contributed by atoms with E-state index in [9.17, 15) is 9.18 Å². The molecule has 4 nitrogen and oxygen atoms in total. The average Bonchev–Trinajstić information content (AvgIpc) is 3.52. The van der Waals surface area contributed by atoms with Crippen molar-refractivity contribution in [1.82, 2.24) is 9.88 Å². The number of aryl methyl sites for hydroxylation is 1. The van der Waals surface area contributed by atoms with E-state index in [4.69, 9.17) is 9.72 Å². The van der Waals surface area contributed by atoms with Gasteiger partial charge >= 0.3 is 0 Å². The number of pyridine rings is 1. The van der Waals surface area contributed by atoms with Crippen LogP contribution in [0, 0.1) is 12.7 Å². The minimum absolute atomic E-state index is 0.0104. The first-order valence-corrected chi connectivity index (χ1v) is 12.1. The molecule has 0 N–H and O–H groups in total. The Labute approximate surface area is 196 Å². The van der Waals surface area contributed by atoms with E-state index in [0.29, 0.717) is 25.3 Å². The highest BCUT2D eigenvalue weighted by atomic mass is 32.1. The summed E-state index contributed by atoms with van der Waals surface area (Å²) >= 11 is 1.63. The van der Waals surface area contributed by atoms with Gasteiger partial charge < -0.3 is 9.64 Å². The Balaban J connectivity index is 1.56. The van der Waals surface area contributed by atoms with Crippen molar-refractivity contribution in [1.29, 1.82) is 0 Å². The van der Waals surface area contributed by atoms with Crippen LogP contribution in [0.15, 0.2) is 66.0 Å². The number of benzene rings is 2. The number of aromatic nitrogens is 1. The first-order chi connectivity index (χ1) is 16.1. The maximum absolute atomic E-state index is 13.9. The van der Waals surface area contributed by atoms with E-state index in [1.807, 2.05) is 11.4 Å². The van der Waals surface area contributed by atoms with E-state index >= 15 is 0 Å². The van der Waals surface area contributed by atoms with Gasteiger partial charge in [0.15, 0.2) is 0 Å². The van der Waals surface area contributed by atoms with Gasteiger partial charge in [-0.15, -0.1) is 11.3 Å². The lowest BCUT2D eigenvalue weighted by molar-refractivity contribution is 0.0507. The van der Waals surface area contributed by atoms with Crippen molar-refractivity contribution in [2.45, 2.75) is 32.4 Å². The Bertz CT molecular complexity index is 1280. The second-order valence-electron chi connectivity index (χ2n) is 8.50. The van der Waals surface area contributed by atoms with Crippen LogP contribution in [0.5, 0.6) is 0 Å². The number of ether oxygens (including phenoxy) is 1. The van der Waals surface area contributed by atoms with Crippen LogP contribution in [0.4, 0.5) is 4.39 Å². The van der Waals surface area contributed by atoms with Crippen molar-refractivity contribution >= 4 is 28.1 Å². The standard InChI is InChI=1S/C27H25FN2O2S/c1-18-9-10-19-14-21(26(29-24(19)13-18)25-8-4-12-33-25)16-30(17-23-7-3-11-32-23)27(31)20-5-2-6-22(28)15-20/h2,4-6,8-10,12-15,23H,3,7,11,16-17H2,1H3/t23-/m1/s1. The lowest BCUT2D eigenvalue weighted by Crippen LogP contribution is -2.37. The first kappa shape index (κ1) is 21.7. The van der Waals surface area contributed by atoms with Crippen LogP contribution in [0.2, 0.25) is 0 Å². The number of fused-ring (bicyclic) bond motifs is 1. The fourth-order valence-corrected chi connectivity index (χ4v) is 5.08. The molecule has 4 aromatic rings. The summed E-state index contributed by atoms with van der Waals surface area (Å²) in [5.74, 6) is -0.619. The molecule has 0 saturated carbocycles. The minimum Gasteiger partial charge on any atom is -0.376 e. The van der Waals surface area contributed by atoms with E-state index in [2.05, 4.69) is 37.3 Å². The number of carbonyl (C=O) groups excluding carboxylic acids is 1. The zero-order chi connectivity index (χ0) is 22.8. The molecule has 1 saturated heterocycles. The molecule has 1 aliphatic heterocycles. The summed E-state index contributed by atoms with van der Waals surface area (Å²) in [5.41, 5.74) is 4.28. The highest BCUT2D eigenvalue weighted by Crippen LogP contribution is 2.31. The number of carbonyl (C=O) groups is 1. The highest BCUT2D eigenvalue weighted by Gasteiger charge is 2.25. The normalized spacial score (nSPS) is 15.8. The number of rotatable bonds is 6. The number of hydrogen-bond acceptors (Lipinski definition) is 4. The van der Waals surface area contributed by atoms with Crippen molar-refractivity contribution < 1.29 is 13.9 Å². The molecule has 1 fully saturated rings. The maximum Gasteiger partial charge on any atom is 0.254 e. The summed E-state index contributed by atoms with van der Waals surface area (Å²) in [4.78, 5) is 21.3. The fraction of sp³-hybridized carbons (Fsp3) is 0.259. The third kappa shape index (κ3) is 4.82. The number of hydrogen-bond donors (Lipinski definition) is 0. The monoisotopic (exact) mass is 460 g/mol. The van der Waals surface area contributed by atoms with Crippen molar-refractivity contribution in [3.8, 4) is 10.6 Å². The topological polar surface area (TPSA) is 42.4 Å². The SMILES string of the molecule is Cc1ccc2cc(CN(C[C@H]3CCCO3)C(=O)c3cccc(F)c3)c(-c3cccs3)nc2c1. The predicted octanol–water partition coefficient (Wildman–Crippen LogP) is 6.23. The Kier molecular flexibility index (Phi) is 6.20. The van der Waals surface area contributed by atoms with Gasteiger partial charge in [0.25, 0.3) is 5.91 Å². The number of amides is 1. The molecule has 168 valence electrons. The van der Waals surface area contributed by atoms with Gasteiger partial charge in [-0.05, 0) is 72.7 Å². The first-order valence-electron chi connectivity index (χ1n) is 11.2. The Morgan fingerprint density at radius 3 is 2.85 bits per heavy atom. The second kappa shape index (κ2) is 9.41. The molecule has 6 heteroatoms. The van der Waals surface area contributed by atoms with Crippen LogP contribution in [0.3, 0.4) is 0 Å². The van der Waals surface area contributed by atoms with Crippen molar-refractivity contribution in [3.05, 3.63) is 88.6 Å². The maximum atomic E-state index is 13.9. The van der Waals surface area contributed by atoms with Gasteiger partial charge in [0, 0.05) is 30.6 Å². The molecular formula is C27H25FN2O2S. The summed E-state index contributed by atoms with van der Waals surface area (Å²) < 4.78 is 19.7. The molecule has 3 heterocycles. The second-order valence-corrected chi connectivity index (χ2v) is 9.45. The van der Waals surface area contributed by atoms with Crippen molar-refractivity contribution in [3.63, 3.8) is 0 Å². The zero-order valence-corrected chi connectivity index (χ0v) is 19.3. The van der Waals surface area contributed by atoms with E-state index in [0.717, 1.165) is 45.4 Å². The van der Waals surface area contributed by atoms with E-state index in [-0.39, 0.29) is 12.0 Å². The molecule has 0 radical (unpaired) electrons. The summed E-state index contributed by atoms with van der Waals surface area (Å²) in [6.45, 7) is 3.61. The Morgan fingerprint density at radius 1 is 1.18 bits per heavy atom. The van der Waals surface area contributed by atoms with Gasteiger partial charge in [0.2, 0.25) is 0 Å². The number of nitrogens with zero attached hydrogens (tertiary/aromatic N) is 2. The Hall–Kier alpha value is -3.09. The fourth-order valence-electron chi connectivity index (χ4n) is 4.33. The molecule has 0 aliphatic carbocycles. The smallest absolute Gasteiger partial charge is 0.254 e. The van der Waals surface area contributed by atoms with E-state index in [1.54, 1.807) is 28.4 Å². The molecule has 5 rings (SSSR count). The lowest BCUT2D eigenvalue weighted by Gasteiger charge is -2.26. The van der Waals surface area contributed by atoms with Gasteiger partial charge in [0.1, 0.15) is 5.82 Å². The molecule has 2 aromatic heterocycles. The molecule has 1 aliphatic rings. The quantitative estimate of drug-likeness (QED) is 0.342. The molecule has 0 spiro atoms. The van der Waals surface area contributed by atoms with Gasteiger partial charge in [-0.3, -0.25) is 4.79 Å². The number of thiophene rings is 1. The van der Waals surface area contributed by atoms with Crippen LogP contribution in [0.1, 0.15) is 34.3 Å². The molecule has 1 atom stereocenters. The minimum atomic E-state index is -0.417. The molecule has 33 heavy (non-hydrogen) atoms. The molecule has 0 bridgehead atoms. The highest BCUT2D eigenvalue weighted by molar-refractivity contribution is 7.13. The van der Waals surface area contributed by atoms with Gasteiger partial charge in [-0.2, -0.15) is 0 Å². The lowest BCUT2D eigenvalue weighted by atomic mass is 10.0. The van der Waals surface area contributed by atoms with Crippen molar-refractivity contribution in [2.24, 2.45) is 0 Å². The Morgan fingerprint density at radius 2 is 2.09 bits per heavy atom. The van der Waals surface area contributed by atoms with Crippen LogP contribution in [-0.4, -0.2) is 35.0 Å². The summed E-state index contributed by atoms with van der Waals surface area (Å²) in [5, 5.41) is 3.06. The zero-order valence-electron chi connectivity index (χ0n) is 18.5. The molecule has 2 aromatic carbocycles. The summed E-state index contributed by atoms with van der Waals surface area (Å²) in [6, 6.07) is 18.3. The summed E-state index contributed by atoms with van der Waals surface area (Å²) in [6.07, 6.45) is 1.90. The van der Waals surface area contributed by atoms with E-state index < -0.39 is 5.82 Å². The molecule has 1 amide bonds. The third-order valence-corrected chi connectivity index (χ3v) is 6.85. The van der Waals surface area contributed by atoms with E-state index in [1.165, 1.54) is 12.1 Å². The largest absolute Gasteiger partial charge is 0.376 e. The van der Waals surface area contributed by atoms with Gasteiger partial charge in [-0.1, -0.05) is 24.3 Å². The van der Waals surface area contributed by atoms with Gasteiger partial charge in [-0.25, -0.2) is 9.37 Å². The van der Waals surface area contributed by atoms with Gasteiger partial charge in [0.05, 0.1) is 22.2 Å². The summed E-state index contributed by atoms with van der Waals surface area (Å²) in [7, 11) is 0. The molecular weight excluding hydrogens is 435 g/mol. The average molecular weight is 461 g/mol. The van der Waals surface area contributed by atoms with Crippen LogP contribution in [0.25, 0.3) is 21.5 Å². The number of halogens is 1. The third-order valence-electron chi connectivity index (χ3n) is 5.97.